The molecular formula is C17H17N3O3S. The highest BCUT2D eigenvalue weighted by Gasteiger charge is 2.19. The Kier molecular flexibility index (Phi) is 4.90. The predicted octanol–water partition coefficient (Wildman–Crippen LogP) is 2.59. The fraction of sp³-hybridized carbons (Fsp3) is 0.235. The number of esters is 1. The Morgan fingerprint density at radius 2 is 2.25 bits per heavy atom. The summed E-state index contributed by atoms with van der Waals surface area (Å²) in [7, 11) is 0. The number of carbonyl (C=O) groups is 2. The number of fused-ring (bicyclic) bond motifs is 1. The number of ether oxygens (including phenoxy) is 1. The zero-order valence-corrected chi connectivity index (χ0v) is 14.0. The number of carbonyl (C=O) groups excluding carboxylic acids is 2. The van der Waals surface area contributed by atoms with Gasteiger partial charge in [-0.2, -0.15) is 0 Å². The standard InChI is InChI=1S/C17H17N3O3S/c1-2-23-17(22)14-8-13-5-7-24-16(13)20(14)11-15(21)19-10-12-4-3-6-18-9-12/h3-9H,2,10-11H2,1H3,(H,19,21). The van der Waals surface area contributed by atoms with Crippen molar-refractivity contribution in [2.45, 2.75) is 20.0 Å². The first-order valence-corrected chi connectivity index (χ1v) is 8.46. The Bertz CT molecular complexity index is 854. The minimum absolute atomic E-state index is 0.0679. The maximum absolute atomic E-state index is 12.3. The molecule has 0 saturated carbocycles. The van der Waals surface area contributed by atoms with Crippen LogP contribution >= 0.6 is 11.3 Å². The minimum atomic E-state index is -0.416. The molecule has 0 aliphatic rings. The monoisotopic (exact) mass is 343 g/mol. The molecule has 0 aromatic carbocycles. The van der Waals surface area contributed by atoms with Crippen molar-refractivity contribution in [1.29, 1.82) is 0 Å². The minimum Gasteiger partial charge on any atom is -0.461 e. The van der Waals surface area contributed by atoms with E-state index >= 15 is 0 Å². The predicted molar refractivity (Wildman–Crippen MR) is 91.9 cm³/mol. The van der Waals surface area contributed by atoms with E-state index in [0.717, 1.165) is 15.8 Å². The van der Waals surface area contributed by atoms with Crippen LogP contribution in [0.4, 0.5) is 0 Å². The molecule has 0 bridgehead atoms. The normalized spacial score (nSPS) is 10.7. The zero-order chi connectivity index (χ0) is 16.9. The van der Waals surface area contributed by atoms with E-state index in [0.29, 0.717) is 18.8 Å². The molecule has 0 spiro atoms. The van der Waals surface area contributed by atoms with Gasteiger partial charge in [-0.05, 0) is 36.1 Å². The molecule has 3 rings (SSSR count). The van der Waals surface area contributed by atoms with E-state index in [-0.39, 0.29) is 12.5 Å². The third-order valence-corrected chi connectivity index (χ3v) is 4.45. The Morgan fingerprint density at radius 3 is 3.00 bits per heavy atom. The van der Waals surface area contributed by atoms with E-state index in [1.807, 2.05) is 23.6 Å². The van der Waals surface area contributed by atoms with Crippen LogP contribution in [-0.2, 0) is 22.6 Å². The number of rotatable bonds is 6. The maximum Gasteiger partial charge on any atom is 0.355 e. The molecule has 1 amide bonds. The summed E-state index contributed by atoms with van der Waals surface area (Å²) in [4.78, 5) is 29.3. The zero-order valence-electron chi connectivity index (χ0n) is 13.2. The van der Waals surface area contributed by atoms with Gasteiger partial charge in [0.15, 0.2) is 0 Å². The number of thiophene rings is 1. The van der Waals surface area contributed by atoms with Gasteiger partial charge >= 0.3 is 5.97 Å². The van der Waals surface area contributed by atoms with Crippen molar-refractivity contribution in [2.24, 2.45) is 0 Å². The van der Waals surface area contributed by atoms with Crippen molar-refractivity contribution >= 4 is 33.4 Å². The van der Waals surface area contributed by atoms with Gasteiger partial charge in [-0.1, -0.05) is 6.07 Å². The Balaban J connectivity index is 1.75. The highest BCUT2D eigenvalue weighted by atomic mass is 32.1. The van der Waals surface area contributed by atoms with Gasteiger partial charge in [-0.3, -0.25) is 9.78 Å². The highest BCUT2D eigenvalue weighted by Crippen LogP contribution is 2.25. The first kappa shape index (κ1) is 16.2. The lowest BCUT2D eigenvalue weighted by molar-refractivity contribution is -0.121. The molecule has 3 aromatic rings. The smallest absolute Gasteiger partial charge is 0.355 e. The van der Waals surface area contributed by atoms with Crippen molar-refractivity contribution in [3.63, 3.8) is 0 Å². The van der Waals surface area contributed by atoms with Crippen molar-refractivity contribution in [3.8, 4) is 0 Å². The van der Waals surface area contributed by atoms with Crippen LogP contribution in [0.15, 0.2) is 42.0 Å². The summed E-state index contributed by atoms with van der Waals surface area (Å²) in [6, 6.07) is 7.40. The largest absolute Gasteiger partial charge is 0.461 e. The molecule has 0 aliphatic carbocycles. The molecule has 3 heterocycles. The molecule has 0 saturated heterocycles. The van der Waals surface area contributed by atoms with E-state index in [1.54, 1.807) is 30.0 Å². The van der Waals surface area contributed by atoms with E-state index < -0.39 is 5.97 Å². The van der Waals surface area contributed by atoms with Gasteiger partial charge < -0.3 is 14.6 Å². The Labute approximate surface area is 143 Å². The van der Waals surface area contributed by atoms with Crippen LogP contribution in [0.2, 0.25) is 0 Å². The van der Waals surface area contributed by atoms with E-state index in [1.165, 1.54) is 11.3 Å². The molecule has 0 radical (unpaired) electrons. The lowest BCUT2D eigenvalue weighted by Gasteiger charge is -2.10. The van der Waals surface area contributed by atoms with E-state index in [4.69, 9.17) is 4.74 Å². The lowest BCUT2D eigenvalue weighted by atomic mass is 10.3. The van der Waals surface area contributed by atoms with Gasteiger partial charge in [0.2, 0.25) is 5.91 Å². The maximum atomic E-state index is 12.3. The van der Waals surface area contributed by atoms with Gasteiger partial charge in [0.05, 0.1) is 6.61 Å². The average Bonchev–Trinajstić information content (AvgIpc) is 3.17. The van der Waals surface area contributed by atoms with Crippen LogP contribution in [-0.4, -0.2) is 28.0 Å². The topological polar surface area (TPSA) is 73.2 Å². The summed E-state index contributed by atoms with van der Waals surface area (Å²) >= 11 is 1.49. The van der Waals surface area contributed by atoms with Crippen LogP contribution in [0.1, 0.15) is 23.0 Å². The van der Waals surface area contributed by atoms with E-state index in [9.17, 15) is 9.59 Å². The Hall–Kier alpha value is -2.67. The molecule has 24 heavy (non-hydrogen) atoms. The van der Waals surface area contributed by atoms with Gasteiger partial charge in [-0.25, -0.2) is 4.79 Å². The lowest BCUT2D eigenvalue weighted by Crippen LogP contribution is -2.28. The number of nitrogens with zero attached hydrogens (tertiary/aromatic N) is 2. The summed E-state index contributed by atoms with van der Waals surface area (Å²) in [6.07, 6.45) is 3.39. The summed E-state index contributed by atoms with van der Waals surface area (Å²) in [5.74, 6) is -0.587. The number of pyridine rings is 1. The van der Waals surface area contributed by atoms with Gasteiger partial charge in [0.25, 0.3) is 0 Å². The van der Waals surface area contributed by atoms with Gasteiger partial charge in [-0.15, -0.1) is 11.3 Å². The molecule has 0 aliphatic heterocycles. The van der Waals surface area contributed by atoms with Crippen molar-refractivity contribution in [2.75, 3.05) is 6.61 Å². The van der Waals surface area contributed by atoms with Crippen LogP contribution in [0.25, 0.3) is 10.2 Å². The number of nitrogens with one attached hydrogen (secondary N) is 1. The van der Waals surface area contributed by atoms with Crippen LogP contribution in [0.3, 0.4) is 0 Å². The number of hydrogen-bond donors (Lipinski definition) is 1. The fourth-order valence-electron chi connectivity index (χ4n) is 2.41. The second kappa shape index (κ2) is 7.27. The molecule has 0 unspecified atom stereocenters. The first-order valence-electron chi connectivity index (χ1n) is 7.58. The van der Waals surface area contributed by atoms with E-state index in [2.05, 4.69) is 10.3 Å². The number of hydrogen-bond acceptors (Lipinski definition) is 5. The van der Waals surface area contributed by atoms with Crippen LogP contribution in [0, 0.1) is 0 Å². The van der Waals surface area contributed by atoms with Crippen molar-refractivity contribution in [3.05, 3.63) is 53.3 Å². The molecule has 6 nitrogen and oxygen atoms in total. The Morgan fingerprint density at radius 1 is 1.38 bits per heavy atom. The van der Waals surface area contributed by atoms with Crippen molar-refractivity contribution in [1.82, 2.24) is 14.9 Å². The molecule has 1 N–H and O–H groups in total. The average molecular weight is 343 g/mol. The van der Waals surface area contributed by atoms with Crippen molar-refractivity contribution < 1.29 is 14.3 Å². The fourth-order valence-corrected chi connectivity index (χ4v) is 3.31. The van der Waals surface area contributed by atoms with Crippen LogP contribution < -0.4 is 5.32 Å². The first-order chi connectivity index (χ1) is 11.7. The molecular weight excluding hydrogens is 326 g/mol. The molecule has 3 aromatic heterocycles. The second-order valence-electron chi connectivity index (χ2n) is 5.16. The van der Waals surface area contributed by atoms with Gasteiger partial charge in [0, 0.05) is 24.3 Å². The molecule has 7 heteroatoms. The SMILES string of the molecule is CCOC(=O)c1cc2ccsc2n1CC(=O)NCc1cccnc1. The third kappa shape index (κ3) is 3.46. The molecule has 124 valence electrons. The third-order valence-electron chi connectivity index (χ3n) is 3.50. The molecule has 0 atom stereocenters. The quantitative estimate of drug-likeness (QED) is 0.698. The second-order valence-corrected chi connectivity index (χ2v) is 6.05. The number of aromatic nitrogens is 2. The molecule has 0 fully saturated rings. The van der Waals surface area contributed by atoms with Gasteiger partial charge in [0.1, 0.15) is 17.1 Å². The summed E-state index contributed by atoms with van der Waals surface area (Å²) in [6.45, 7) is 2.52. The highest BCUT2D eigenvalue weighted by molar-refractivity contribution is 7.16. The van der Waals surface area contributed by atoms with Crippen LogP contribution in [0.5, 0.6) is 0 Å². The number of amides is 1. The summed E-state index contributed by atoms with van der Waals surface area (Å²) < 4.78 is 6.79. The summed E-state index contributed by atoms with van der Waals surface area (Å²) in [5, 5.41) is 5.71. The summed E-state index contributed by atoms with van der Waals surface area (Å²) in [5.41, 5.74) is 1.32.